The van der Waals surface area contributed by atoms with E-state index in [9.17, 15) is 9.59 Å². The summed E-state index contributed by atoms with van der Waals surface area (Å²) in [7, 11) is 0. The Morgan fingerprint density at radius 3 is 2.00 bits per heavy atom. The van der Waals surface area contributed by atoms with Crippen LogP contribution in [0, 0.1) is 13.8 Å². The van der Waals surface area contributed by atoms with E-state index < -0.39 is 11.6 Å². The summed E-state index contributed by atoms with van der Waals surface area (Å²) in [5, 5.41) is 14.8. The fourth-order valence-electron chi connectivity index (χ4n) is 3.00. The van der Waals surface area contributed by atoms with Crippen molar-refractivity contribution in [2.24, 2.45) is 0 Å². The molecule has 0 radical (unpaired) electrons. The van der Waals surface area contributed by atoms with Crippen molar-refractivity contribution >= 4 is 23.4 Å². The molecular weight excluding hydrogens is 394 g/mol. The van der Waals surface area contributed by atoms with Gasteiger partial charge in [-0.05, 0) is 74.7 Å². The predicted molar refractivity (Wildman–Crippen MR) is 121 cm³/mol. The van der Waals surface area contributed by atoms with Crippen molar-refractivity contribution in [3.63, 3.8) is 0 Å². The van der Waals surface area contributed by atoms with Crippen molar-refractivity contribution in [1.82, 2.24) is 4.98 Å². The van der Waals surface area contributed by atoms with Crippen molar-refractivity contribution in [3.05, 3.63) is 71.9 Å². The smallest absolute Gasteiger partial charge is 0.347 e. The van der Waals surface area contributed by atoms with Gasteiger partial charge in [0, 0.05) is 29.2 Å². The Balaban J connectivity index is 1.63. The lowest BCUT2D eigenvalue weighted by Crippen LogP contribution is -2.38. The van der Waals surface area contributed by atoms with E-state index in [0.717, 1.165) is 27.9 Å². The van der Waals surface area contributed by atoms with Crippen LogP contribution in [0.5, 0.6) is 5.88 Å². The number of hydrogen-bond donors (Lipinski definition) is 3. The molecule has 7 nitrogen and oxygen atoms in total. The van der Waals surface area contributed by atoms with E-state index in [1.165, 1.54) is 13.8 Å². The molecule has 0 fully saturated rings. The van der Waals surface area contributed by atoms with Gasteiger partial charge in [0.15, 0.2) is 0 Å². The summed E-state index contributed by atoms with van der Waals surface area (Å²) < 4.78 is 5.42. The molecule has 3 rings (SSSR count). The highest BCUT2D eigenvalue weighted by Crippen LogP contribution is 2.24. The average molecular weight is 419 g/mol. The molecule has 0 unspecified atom stereocenters. The molecule has 1 heterocycles. The number of pyridine rings is 1. The topological polar surface area (TPSA) is 101 Å². The Morgan fingerprint density at radius 1 is 0.871 bits per heavy atom. The number of rotatable bonds is 6. The zero-order valence-corrected chi connectivity index (χ0v) is 17.9. The number of benzene rings is 2. The average Bonchev–Trinajstić information content (AvgIpc) is 2.68. The molecule has 0 bridgehead atoms. The molecule has 3 aromatic rings. The number of urea groups is 1. The van der Waals surface area contributed by atoms with Crippen LogP contribution in [0.2, 0.25) is 0 Å². The number of carboxylic acid groups (broad SMARTS) is 1. The van der Waals surface area contributed by atoms with E-state index in [1.807, 2.05) is 44.2 Å². The van der Waals surface area contributed by atoms with Crippen LogP contribution in [0.1, 0.15) is 25.0 Å². The summed E-state index contributed by atoms with van der Waals surface area (Å²) >= 11 is 0. The van der Waals surface area contributed by atoms with E-state index in [1.54, 1.807) is 30.5 Å². The van der Waals surface area contributed by atoms with Gasteiger partial charge in [0.2, 0.25) is 11.5 Å². The molecule has 160 valence electrons. The Hall–Kier alpha value is -3.87. The number of anilines is 2. The third-order valence-corrected chi connectivity index (χ3v) is 4.57. The minimum atomic E-state index is -1.36. The summed E-state index contributed by atoms with van der Waals surface area (Å²) in [6, 6.07) is 16.3. The number of aromatic nitrogens is 1. The molecule has 2 amide bonds. The molecule has 0 saturated heterocycles. The van der Waals surface area contributed by atoms with E-state index in [0.29, 0.717) is 5.69 Å². The highest BCUT2D eigenvalue weighted by Gasteiger charge is 2.29. The molecule has 0 aliphatic heterocycles. The Morgan fingerprint density at radius 2 is 1.45 bits per heavy atom. The number of aliphatic carboxylic acids is 1. The van der Waals surface area contributed by atoms with Crippen molar-refractivity contribution in [2.45, 2.75) is 33.3 Å². The van der Waals surface area contributed by atoms with Crippen LogP contribution in [0.4, 0.5) is 16.2 Å². The minimum Gasteiger partial charge on any atom is -0.478 e. The first kappa shape index (κ1) is 21.8. The number of hydrogen-bond acceptors (Lipinski definition) is 4. The second-order valence-electron chi connectivity index (χ2n) is 7.84. The van der Waals surface area contributed by atoms with Gasteiger partial charge in [-0.2, -0.15) is 0 Å². The lowest BCUT2D eigenvalue weighted by Gasteiger charge is -2.20. The molecule has 0 spiro atoms. The Kier molecular flexibility index (Phi) is 6.25. The molecule has 0 aliphatic rings. The van der Waals surface area contributed by atoms with Crippen molar-refractivity contribution in [1.29, 1.82) is 0 Å². The van der Waals surface area contributed by atoms with Gasteiger partial charge in [-0.3, -0.25) is 0 Å². The van der Waals surface area contributed by atoms with Gasteiger partial charge in [0.05, 0.1) is 0 Å². The number of nitrogens with zero attached hydrogens (tertiary/aromatic N) is 1. The van der Waals surface area contributed by atoms with Gasteiger partial charge < -0.3 is 20.5 Å². The number of carbonyl (C=O) groups is 2. The molecule has 0 atom stereocenters. The van der Waals surface area contributed by atoms with E-state index >= 15 is 0 Å². The maximum atomic E-state index is 12.3. The summed E-state index contributed by atoms with van der Waals surface area (Å²) in [5.41, 5.74) is 3.93. The van der Waals surface area contributed by atoms with E-state index in [2.05, 4.69) is 15.6 Å². The zero-order valence-electron chi connectivity index (χ0n) is 17.9. The molecule has 7 heteroatoms. The quantitative estimate of drug-likeness (QED) is 0.506. The third-order valence-electron chi connectivity index (χ3n) is 4.57. The first-order valence-corrected chi connectivity index (χ1v) is 9.77. The molecule has 31 heavy (non-hydrogen) atoms. The maximum absolute atomic E-state index is 12.3. The van der Waals surface area contributed by atoms with Crippen LogP contribution >= 0.6 is 0 Å². The van der Waals surface area contributed by atoms with Gasteiger partial charge >= 0.3 is 12.0 Å². The van der Waals surface area contributed by atoms with Crippen molar-refractivity contribution in [3.8, 4) is 17.0 Å². The lowest BCUT2D eigenvalue weighted by molar-refractivity contribution is -0.152. The zero-order chi connectivity index (χ0) is 22.6. The van der Waals surface area contributed by atoms with Crippen molar-refractivity contribution < 1.29 is 19.4 Å². The fraction of sp³-hybridized carbons (Fsp3) is 0.208. The summed E-state index contributed by atoms with van der Waals surface area (Å²) in [4.78, 5) is 27.6. The van der Waals surface area contributed by atoms with Gasteiger partial charge in [-0.25, -0.2) is 14.6 Å². The third kappa shape index (κ3) is 5.82. The largest absolute Gasteiger partial charge is 0.478 e. The molecule has 2 aromatic carbocycles. The number of nitrogens with one attached hydrogen (secondary N) is 2. The van der Waals surface area contributed by atoms with Gasteiger partial charge in [-0.15, -0.1) is 0 Å². The van der Waals surface area contributed by atoms with Gasteiger partial charge in [0.25, 0.3) is 0 Å². The maximum Gasteiger partial charge on any atom is 0.347 e. The monoisotopic (exact) mass is 419 g/mol. The lowest BCUT2D eigenvalue weighted by atomic mass is 10.1. The van der Waals surface area contributed by atoms with Crippen LogP contribution in [-0.4, -0.2) is 27.7 Å². The molecular formula is C24H25N3O4. The highest BCUT2D eigenvalue weighted by atomic mass is 16.5. The van der Waals surface area contributed by atoms with Crippen LogP contribution in [0.15, 0.2) is 60.8 Å². The van der Waals surface area contributed by atoms with E-state index in [4.69, 9.17) is 9.84 Å². The molecule has 0 saturated carbocycles. The molecule has 3 N–H and O–H groups in total. The molecule has 0 aliphatic carbocycles. The summed E-state index contributed by atoms with van der Waals surface area (Å²) in [6.45, 7) is 6.89. The van der Waals surface area contributed by atoms with Gasteiger partial charge in [0.1, 0.15) is 0 Å². The predicted octanol–water partition coefficient (Wildman–Crippen LogP) is 5.25. The minimum absolute atomic E-state index is 0.234. The normalized spacial score (nSPS) is 11.0. The fourth-order valence-corrected chi connectivity index (χ4v) is 3.00. The highest BCUT2D eigenvalue weighted by molar-refractivity contribution is 6.00. The first-order chi connectivity index (χ1) is 14.6. The number of carbonyl (C=O) groups excluding carboxylic acids is 1. The first-order valence-electron chi connectivity index (χ1n) is 9.77. The number of amides is 2. The van der Waals surface area contributed by atoms with Crippen LogP contribution in [0.3, 0.4) is 0 Å². The van der Waals surface area contributed by atoms with Crippen LogP contribution in [0.25, 0.3) is 11.1 Å². The van der Waals surface area contributed by atoms with Crippen molar-refractivity contribution in [2.75, 3.05) is 10.6 Å². The second kappa shape index (κ2) is 8.87. The SMILES string of the molecule is Cc1cc(C)cc(NC(=O)Nc2ccc(-c3ccc(OC(C)(C)C(=O)O)nc3)cc2)c1. The standard InChI is InChI=1S/C24H25N3O4/c1-15-11-16(2)13-20(12-15)27-23(30)26-19-8-5-17(6-9-19)18-7-10-21(25-14-18)31-24(3,4)22(28)29/h5-14H,1-4H3,(H,28,29)(H2,26,27,30). The summed E-state index contributed by atoms with van der Waals surface area (Å²) in [5.74, 6) is -0.833. The molecule has 1 aromatic heterocycles. The summed E-state index contributed by atoms with van der Waals surface area (Å²) in [6.07, 6.45) is 1.61. The number of ether oxygens (including phenoxy) is 1. The Labute approximate surface area is 181 Å². The Bertz CT molecular complexity index is 1070. The van der Waals surface area contributed by atoms with Gasteiger partial charge in [-0.1, -0.05) is 18.2 Å². The second-order valence-corrected chi connectivity index (χ2v) is 7.84. The van der Waals surface area contributed by atoms with Crippen LogP contribution in [-0.2, 0) is 4.79 Å². The number of carboxylic acids is 1. The van der Waals surface area contributed by atoms with E-state index in [-0.39, 0.29) is 11.9 Å². The van der Waals surface area contributed by atoms with Crippen LogP contribution < -0.4 is 15.4 Å². The number of aryl methyl sites for hydroxylation is 2.